The Morgan fingerprint density at radius 2 is 2.13 bits per heavy atom. The summed E-state index contributed by atoms with van der Waals surface area (Å²) in [6.45, 7) is 0.860. The van der Waals surface area contributed by atoms with Crippen LogP contribution < -0.4 is 0 Å². The smallest absolute Gasteiger partial charge is 0.334 e. The fourth-order valence-corrected chi connectivity index (χ4v) is 3.05. The lowest BCUT2D eigenvalue weighted by Gasteiger charge is -2.30. The number of carboxylic acid groups (broad SMARTS) is 1. The average molecular weight is 316 g/mol. The normalized spacial score (nSPS) is 18.3. The van der Waals surface area contributed by atoms with Crippen LogP contribution in [-0.4, -0.2) is 52.3 Å². The number of amides is 1. The number of carboxylic acids is 1. The molecule has 0 bridgehead atoms. The van der Waals surface area contributed by atoms with Crippen molar-refractivity contribution in [3.8, 4) is 0 Å². The summed E-state index contributed by atoms with van der Waals surface area (Å²) < 4.78 is 7.21. The van der Waals surface area contributed by atoms with Crippen molar-refractivity contribution in [3.05, 3.63) is 36.0 Å². The van der Waals surface area contributed by atoms with Crippen molar-refractivity contribution in [1.29, 1.82) is 0 Å². The average Bonchev–Trinajstić information content (AvgIpc) is 2.89. The van der Waals surface area contributed by atoms with Crippen LogP contribution in [0, 0.1) is 0 Å². The van der Waals surface area contributed by atoms with Gasteiger partial charge >= 0.3 is 5.97 Å². The van der Waals surface area contributed by atoms with Gasteiger partial charge in [-0.2, -0.15) is 0 Å². The summed E-state index contributed by atoms with van der Waals surface area (Å²) in [5, 5.41) is 10.2. The highest BCUT2D eigenvalue weighted by Crippen LogP contribution is 2.22. The molecular weight excluding hydrogens is 296 g/mol. The largest absolute Gasteiger partial charge is 0.479 e. The quantitative estimate of drug-likeness (QED) is 0.926. The van der Waals surface area contributed by atoms with Crippen LogP contribution in [0.4, 0.5) is 0 Å². The van der Waals surface area contributed by atoms with E-state index in [1.807, 2.05) is 19.2 Å². The number of fused-ring (bicyclic) bond motifs is 1. The second-order valence-corrected chi connectivity index (χ2v) is 5.82. The van der Waals surface area contributed by atoms with E-state index >= 15 is 0 Å². The summed E-state index contributed by atoms with van der Waals surface area (Å²) in [5.74, 6) is -1.04. The minimum absolute atomic E-state index is 0.0208. The van der Waals surface area contributed by atoms with Gasteiger partial charge in [-0.1, -0.05) is 18.2 Å². The molecule has 1 aromatic carbocycles. The molecule has 0 saturated carbocycles. The highest BCUT2D eigenvalue weighted by Gasteiger charge is 2.28. The highest BCUT2D eigenvalue weighted by atomic mass is 16.5. The predicted molar refractivity (Wildman–Crippen MR) is 85.2 cm³/mol. The first-order chi connectivity index (χ1) is 11.1. The Kier molecular flexibility index (Phi) is 4.34. The third-order valence-electron chi connectivity index (χ3n) is 4.28. The number of carbonyl (C=O) groups is 2. The van der Waals surface area contributed by atoms with E-state index in [1.54, 1.807) is 4.90 Å². The number of ether oxygens (including phenoxy) is 1. The maximum absolute atomic E-state index is 12.4. The molecule has 1 unspecified atom stereocenters. The van der Waals surface area contributed by atoms with E-state index < -0.39 is 12.1 Å². The third-order valence-corrected chi connectivity index (χ3v) is 4.28. The van der Waals surface area contributed by atoms with Gasteiger partial charge in [0.15, 0.2) is 6.10 Å². The second-order valence-electron chi connectivity index (χ2n) is 5.82. The van der Waals surface area contributed by atoms with Gasteiger partial charge in [0.1, 0.15) is 0 Å². The van der Waals surface area contributed by atoms with Crippen LogP contribution in [0.2, 0.25) is 0 Å². The monoisotopic (exact) mass is 316 g/mol. The molecule has 1 aromatic heterocycles. The lowest BCUT2D eigenvalue weighted by Crippen LogP contribution is -2.48. The SMILES string of the molecule is Cn1cc(CCC(=O)N2CCOC(C(=O)O)C2)c2ccccc21. The molecule has 0 radical (unpaired) electrons. The van der Waals surface area contributed by atoms with Crippen LogP contribution in [0.3, 0.4) is 0 Å². The number of para-hydroxylation sites is 1. The number of morpholine rings is 1. The Labute approximate surface area is 134 Å². The molecule has 23 heavy (non-hydrogen) atoms. The maximum atomic E-state index is 12.4. The molecule has 3 rings (SSSR count). The Bertz CT molecular complexity index is 737. The van der Waals surface area contributed by atoms with Crippen LogP contribution in [-0.2, 0) is 27.8 Å². The van der Waals surface area contributed by atoms with Gasteiger partial charge in [0.25, 0.3) is 0 Å². The Morgan fingerprint density at radius 3 is 2.91 bits per heavy atom. The number of hydrogen-bond acceptors (Lipinski definition) is 3. The van der Waals surface area contributed by atoms with Gasteiger partial charge in [0.05, 0.1) is 13.2 Å². The first-order valence-electron chi connectivity index (χ1n) is 7.71. The van der Waals surface area contributed by atoms with E-state index in [0.29, 0.717) is 19.4 Å². The first-order valence-corrected chi connectivity index (χ1v) is 7.71. The zero-order valence-electron chi connectivity index (χ0n) is 13.1. The van der Waals surface area contributed by atoms with Crippen molar-refractivity contribution < 1.29 is 19.4 Å². The van der Waals surface area contributed by atoms with Crippen molar-refractivity contribution >= 4 is 22.8 Å². The molecule has 1 aliphatic heterocycles. The Morgan fingerprint density at radius 1 is 1.35 bits per heavy atom. The van der Waals surface area contributed by atoms with Gasteiger partial charge in [-0.15, -0.1) is 0 Å². The van der Waals surface area contributed by atoms with E-state index in [4.69, 9.17) is 9.84 Å². The molecular formula is C17H20N2O4. The summed E-state index contributed by atoms with van der Waals surface area (Å²) in [7, 11) is 1.99. The molecule has 0 aliphatic carbocycles. The van der Waals surface area contributed by atoms with Crippen molar-refractivity contribution in [1.82, 2.24) is 9.47 Å². The molecule has 0 spiro atoms. The standard InChI is InChI=1S/C17H20N2O4/c1-18-10-12(13-4-2-3-5-14(13)18)6-7-16(20)19-8-9-23-15(11-19)17(21)22/h2-5,10,15H,6-9,11H2,1H3,(H,21,22). The molecule has 122 valence electrons. The number of carbonyl (C=O) groups excluding carboxylic acids is 1. The predicted octanol–water partition coefficient (Wildman–Crippen LogP) is 1.42. The highest BCUT2D eigenvalue weighted by molar-refractivity contribution is 5.85. The lowest BCUT2D eigenvalue weighted by molar-refractivity contribution is -0.159. The molecule has 1 N–H and O–H groups in total. The van der Waals surface area contributed by atoms with Crippen LogP contribution in [0.25, 0.3) is 10.9 Å². The van der Waals surface area contributed by atoms with Crippen molar-refractivity contribution in [2.75, 3.05) is 19.7 Å². The minimum Gasteiger partial charge on any atom is -0.479 e. The minimum atomic E-state index is -1.02. The van der Waals surface area contributed by atoms with Crippen LogP contribution in [0.5, 0.6) is 0 Å². The van der Waals surface area contributed by atoms with Gasteiger partial charge in [-0.05, 0) is 18.1 Å². The second kappa shape index (κ2) is 6.42. The summed E-state index contributed by atoms with van der Waals surface area (Å²) >= 11 is 0. The van der Waals surface area contributed by atoms with E-state index in [1.165, 1.54) is 0 Å². The van der Waals surface area contributed by atoms with Crippen LogP contribution >= 0.6 is 0 Å². The molecule has 1 amide bonds. The van der Waals surface area contributed by atoms with Gasteiger partial charge in [-0.3, -0.25) is 4.79 Å². The number of nitrogens with zero attached hydrogens (tertiary/aromatic N) is 2. The number of rotatable bonds is 4. The summed E-state index contributed by atoms with van der Waals surface area (Å²) in [6.07, 6.45) is 2.16. The van der Waals surface area contributed by atoms with Crippen molar-refractivity contribution in [3.63, 3.8) is 0 Å². The fraction of sp³-hybridized carbons (Fsp3) is 0.412. The van der Waals surface area contributed by atoms with E-state index in [0.717, 1.165) is 16.5 Å². The number of aromatic nitrogens is 1. The van der Waals surface area contributed by atoms with Crippen molar-refractivity contribution in [2.45, 2.75) is 18.9 Å². The van der Waals surface area contributed by atoms with E-state index in [9.17, 15) is 9.59 Å². The summed E-state index contributed by atoms with van der Waals surface area (Å²) in [5.41, 5.74) is 2.28. The third kappa shape index (κ3) is 3.22. The molecule has 6 heteroatoms. The van der Waals surface area contributed by atoms with Crippen LogP contribution in [0.1, 0.15) is 12.0 Å². The van der Waals surface area contributed by atoms with Gasteiger partial charge < -0.3 is 19.3 Å². The molecule has 1 aliphatic rings. The number of benzene rings is 1. The Hall–Kier alpha value is -2.34. The zero-order chi connectivity index (χ0) is 16.4. The number of aliphatic carboxylic acids is 1. The lowest BCUT2D eigenvalue weighted by atomic mass is 10.1. The van der Waals surface area contributed by atoms with Gasteiger partial charge in [0, 0.05) is 37.1 Å². The molecule has 1 fully saturated rings. The topological polar surface area (TPSA) is 71.8 Å². The number of hydrogen-bond donors (Lipinski definition) is 1. The summed E-state index contributed by atoms with van der Waals surface area (Å²) in [6, 6.07) is 8.11. The molecule has 2 heterocycles. The first kappa shape index (κ1) is 15.6. The molecule has 1 saturated heterocycles. The van der Waals surface area contributed by atoms with E-state index in [-0.39, 0.29) is 19.1 Å². The fourth-order valence-electron chi connectivity index (χ4n) is 3.05. The maximum Gasteiger partial charge on any atom is 0.334 e. The molecule has 1 atom stereocenters. The van der Waals surface area contributed by atoms with Crippen LogP contribution in [0.15, 0.2) is 30.5 Å². The molecule has 6 nitrogen and oxygen atoms in total. The molecule has 2 aromatic rings. The number of aryl methyl sites for hydroxylation is 2. The van der Waals surface area contributed by atoms with Gasteiger partial charge in [-0.25, -0.2) is 4.79 Å². The summed E-state index contributed by atoms with van der Waals surface area (Å²) in [4.78, 5) is 24.9. The van der Waals surface area contributed by atoms with E-state index in [2.05, 4.69) is 22.9 Å². The zero-order valence-corrected chi connectivity index (χ0v) is 13.1. The van der Waals surface area contributed by atoms with Gasteiger partial charge in [0.2, 0.25) is 5.91 Å². The Balaban J connectivity index is 1.65. The van der Waals surface area contributed by atoms with Crippen molar-refractivity contribution in [2.24, 2.45) is 7.05 Å².